The Kier molecular flexibility index (Phi) is 6.57. The van der Waals surface area contributed by atoms with Crippen molar-refractivity contribution in [3.63, 3.8) is 0 Å². The molecule has 1 aromatic carbocycles. The lowest BCUT2D eigenvalue weighted by molar-refractivity contribution is -0.274. The van der Waals surface area contributed by atoms with Gasteiger partial charge < -0.3 is 19.4 Å². The Balaban J connectivity index is 2.44. The maximum Gasteiger partial charge on any atom is 0.573 e. The molecule has 1 fully saturated rings. The smallest absolute Gasteiger partial charge is 0.405 e. The zero-order valence-electron chi connectivity index (χ0n) is 16.2. The van der Waals surface area contributed by atoms with Gasteiger partial charge in [-0.25, -0.2) is 0 Å². The maximum atomic E-state index is 12.8. The third kappa shape index (κ3) is 5.74. The fourth-order valence-electron chi connectivity index (χ4n) is 2.46. The third-order valence-corrected chi connectivity index (χ3v) is 5.13. The Morgan fingerprint density at radius 3 is 2.32 bits per heavy atom. The van der Waals surface area contributed by atoms with Crippen LogP contribution in [0.25, 0.3) is 6.08 Å². The van der Waals surface area contributed by atoms with Crippen LogP contribution in [-0.4, -0.2) is 37.1 Å². The monoisotopic (exact) mass is 463 g/mol. The van der Waals surface area contributed by atoms with Gasteiger partial charge >= 0.3 is 13.5 Å². The van der Waals surface area contributed by atoms with Gasteiger partial charge in [0.15, 0.2) is 0 Å². The van der Waals surface area contributed by atoms with E-state index >= 15 is 0 Å². The van der Waals surface area contributed by atoms with Gasteiger partial charge in [0.05, 0.1) is 11.2 Å². The summed E-state index contributed by atoms with van der Waals surface area (Å²) in [4.78, 5) is 11.4. The highest BCUT2D eigenvalue weighted by molar-refractivity contribution is 9.10. The summed E-state index contributed by atoms with van der Waals surface area (Å²) in [6.07, 6.45) is -3.36. The van der Waals surface area contributed by atoms with Crippen molar-refractivity contribution in [3.8, 4) is 5.75 Å². The average molecular weight is 464 g/mol. The van der Waals surface area contributed by atoms with Crippen LogP contribution in [0.15, 0.2) is 28.1 Å². The lowest BCUT2D eigenvalue weighted by Crippen LogP contribution is -2.41. The van der Waals surface area contributed by atoms with Crippen LogP contribution in [0.2, 0.25) is 0 Å². The highest BCUT2D eigenvalue weighted by Gasteiger charge is 2.52. The zero-order valence-corrected chi connectivity index (χ0v) is 17.8. The Hall–Kier alpha value is -1.52. The van der Waals surface area contributed by atoms with E-state index in [-0.39, 0.29) is 23.8 Å². The molecule has 0 aromatic heterocycles. The fraction of sp³-hybridized carbons (Fsp3) is 0.500. The van der Waals surface area contributed by atoms with Crippen molar-refractivity contribution in [2.24, 2.45) is 0 Å². The van der Waals surface area contributed by atoms with Crippen LogP contribution >= 0.6 is 15.9 Å². The molecule has 28 heavy (non-hydrogen) atoms. The van der Waals surface area contributed by atoms with Crippen LogP contribution in [-0.2, 0) is 14.1 Å². The molecule has 0 aliphatic carbocycles. The van der Waals surface area contributed by atoms with Gasteiger partial charge in [0.1, 0.15) is 5.75 Å². The standard InChI is InChI=1S/C18H22BBrF3NO4/c1-11(25)24-10-13(19-27-16(2,3)17(4,5)28-19)8-12-6-7-14(20)9-15(12)26-18(21,22)23/h6-9H,10H2,1-5H3,(H,24,25). The van der Waals surface area contributed by atoms with Gasteiger partial charge in [-0.1, -0.05) is 28.1 Å². The summed E-state index contributed by atoms with van der Waals surface area (Å²) in [6, 6.07) is 4.29. The quantitative estimate of drug-likeness (QED) is 0.653. The minimum absolute atomic E-state index is 0.0493. The number of alkyl halides is 3. The molecule has 1 aliphatic heterocycles. The molecular formula is C18H22BBrF3NO4. The van der Waals surface area contributed by atoms with Crippen LogP contribution in [0.1, 0.15) is 40.2 Å². The van der Waals surface area contributed by atoms with E-state index in [1.807, 2.05) is 27.7 Å². The van der Waals surface area contributed by atoms with Gasteiger partial charge in [-0.2, -0.15) is 0 Å². The van der Waals surface area contributed by atoms with Gasteiger partial charge in [0.25, 0.3) is 0 Å². The number of nitrogens with one attached hydrogen (secondary N) is 1. The molecule has 0 spiro atoms. The van der Waals surface area contributed by atoms with E-state index in [0.717, 1.165) is 0 Å². The summed E-state index contributed by atoms with van der Waals surface area (Å²) >= 11 is 3.14. The number of rotatable bonds is 5. The van der Waals surface area contributed by atoms with Crippen LogP contribution < -0.4 is 10.1 Å². The SMILES string of the molecule is CC(=O)NCC(=Cc1ccc(Br)cc1OC(F)(F)F)B1OC(C)(C)C(C)(C)O1. The molecule has 5 nitrogen and oxygen atoms in total. The average Bonchev–Trinajstić information content (AvgIpc) is 2.71. The van der Waals surface area contributed by atoms with E-state index in [4.69, 9.17) is 9.31 Å². The number of ether oxygens (including phenoxy) is 1. The zero-order chi connectivity index (χ0) is 21.3. The number of hydrogen-bond donors (Lipinski definition) is 1. The first kappa shape index (κ1) is 22.8. The molecule has 154 valence electrons. The molecule has 1 heterocycles. The van der Waals surface area contributed by atoms with E-state index in [9.17, 15) is 18.0 Å². The van der Waals surface area contributed by atoms with Crippen molar-refractivity contribution in [1.29, 1.82) is 0 Å². The highest BCUT2D eigenvalue weighted by atomic mass is 79.9. The van der Waals surface area contributed by atoms with Gasteiger partial charge in [0, 0.05) is 23.5 Å². The summed E-state index contributed by atoms with van der Waals surface area (Å²) < 4.78 is 54.9. The van der Waals surface area contributed by atoms with Crippen molar-refractivity contribution in [2.75, 3.05) is 6.54 Å². The first-order chi connectivity index (χ1) is 12.7. The van der Waals surface area contributed by atoms with E-state index < -0.39 is 24.7 Å². The Bertz CT molecular complexity index is 765. The summed E-state index contributed by atoms with van der Waals surface area (Å²) in [5.41, 5.74) is -0.644. The minimum Gasteiger partial charge on any atom is -0.405 e. The number of halogens is 4. The maximum absolute atomic E-state index is 12.8. The minimum atomic E-state index is -4.84. The van der Waals surface area contributed by atoms with Crippen LogP contribution in [0, 0.1) is 0 Å². The fourth-order valence-corrected chi connectivity index (χ4v) is 2.80. The van der Waals surface area contributed by atoms with Crippen LogP contribution in [0.3, 0.4) is 0 Å². The Morgan fingerprint density at radius 1 is 1.25 bits per heavy atom. The molecule has 0 bridgehead atoms. The lowest BCUT2D eigenvalue weighted by Gasteiger charge is -2.32. The second kappa shape index (κ2) is 8.08. The molecule has 2 rings (SSSR count). The number of amides is 1. The molecule has 0 atom stereocenters. The molecule has 10 heteroatoms. The predicted molar refractivity (Wildman–Crippen MR) is 104 cm³/mol. The number of hydrogen-bond acceptors (Lipinski definition) is 4. The summed E-state index contributed by atoms with van der Waals surface area (Å²) in [5, 5.41) is 2.64. The molecular weight excluding hydrogens is 442 g/mol. The van der Waals surface area contributed by atoms with E-state index in [1.54, 1.807) is 6.07 Å². The van der Waals surface area contributed by atoms with Crippen molar-refractivity contribution < 1.29 is 32.0 Å². The van der Waals surface area contributed by atoms with Crippen LogP contribution in [0.5, 0.6) is 5.75 Å². The third-order valence-electron chi connectivity index (χ3n) is 4.64. The Morgan fingerprint density at radius 2 is 1.82 bits per heavy atom. The van der Waals surface area contributed by atoms with Gasteiger partial charge in [-0.3, -0.25) is 4.79 Å². The first-order valence-corrected chi connectivity index (χ1v) is 9.35. The molecule has 1 amide bonds. The van der Waals surface area contributed by atoms with Gasteiger partial charge in [-0.05, 0) is 45.3 Å². The van der Waals surface area contributed by atoms with Crippen LogP contribution in [0.4, 0.5) is 13.2 Å². The highest BCUT2D eigenvalue weighted by Crippen LogP contribution is 2.39. The molecule has 0 saturated carbocycles. The van der Waals surface area contributed by atoms with Crippen molar-refractivity contribution in [2.45, 2.75) is 52.2 Å². The van der Waals surface area contributed by atoms with E-state index in [0.29, 0.717) is 9.95 Å². The topological polar surface area (TPSA) is 56.8 Å². The van der Waals surface area contributed by atoms with Gasteiger partial charge in [0.2, 0.25) is 5.91 Å². The molecule has 1 saturated heterocycles. The van der Waals surface area contributed by atoms with Crippen molar-refractivity contribution in [1.82, 2.24) is 5.32 Å². The summed E-state index contributed by atoms with van der Waals surface area (Å²) in [6.45, 7) is 8.84. The van der Waals surface area contributed by atoms with E-state index in [1.165, 1.54) is 25.1 Å². The molecule has 0 radical (unpaired) electrons. The normalized spacial score (nSPS) is 18.9. The summed E-state index contributed by atoms with van der Waals surface area (Å²) in [5.74, 6) is -0.663. The molecule has 0 unspecified atom stereocenters. The number of carbonyl (C=O) groups is 1. The van der Waals surface area contributed by atoms with Crippen molar-refractivity contribution in [3.05, 3.63) is 33.7 Å². The number of benzene rings is 1. The number of carbonyl (C=O) groups excluding carboxylic acids is 1. The molecule has 1 aromatic rings. The van der Waals surface area contributed by atoms with Gasteiger partial charge in [-0.15, -0.1) is 13.2 Å². The summed E-state index contributed by atoms with van der Waals surface area (Å²) in [7, 11) is -0.834. The molecule has 1 aliphatic rings. The molecule has 1 N–H and O–H groups in total. The van der Waals surface area contributed by atoms with E-state index in [2.05, 4.69) is 26.0 Å². The Labute approximate surface area is 170 Å². The van der Waals surface area contributed by atoms with Crippen molar-refractivity contribution >= 4 is 35.0 Å². The lowest BCUT2D eigenvalue weighted by atomic mass is 9.77. The second-order valence-corrected chi connectivity index (χ2v) is 8.36. The first-order valence-electron chi connectivity index (χ1n) is 8.56. The predicted octanol–water partition coefficient (Wildman–Crippen LogP) is 4.50. The largest absolute Gasteiger partial charge is 0.573 e. The second-order valence-electron chi connectivity index (χ2n) is 7.45.